The molecule has 4 heteroatoms. The highest BCUT2D eigenvalue weighted by Crippen LogP contribution is 2.28. The summed E-state index contributed by atoms with van der Waals surface area (Å²) >= 11 is 0. The lowest BCUT2D eigenvalue weighted by molar-refractivity contribution is -0.312. The Morgan fingerprint density at radius 1 is 1.08 bits per heavy atom. The van der Waals surface area contributed by atoms with E-state index in [-0.39, 0.29) is 13.3 Å². The van der Waals surface area contributed by atoms with Gasteiger partial charge in [-0.1, -0.05) is 7.43 Å². The minimum absolute atomic E-state index is 0. The van der Waals surface area contributed by atoms with E-state index in [4.69, 9.17) is 5.11 Å². The number of aliphatic carboxylic acids is 2. The summed E-state index contributed by atoms with van der Waals surface area (Å²) < 4.78 is 0. The van der Waals surface area contributed by atoms with Crippen molar-refractivity contribution >= 4 is 11.9 Å². The topological polar surface area (TPSA) is 77.4 Å². The Labute approximate surface area is 77.6 Å². The van der Waals surface area contributed by atoms with Gasteiger partial charge in [0.25, 0.3) is 0 Å². The van der Waals surface area contributed by atoms with E-state index in [1.807, 2.05) is 0 Å². The fraction of sp³-hybridized carbons (Fsp3) is 0.778. The smallest absolute Gasteiger partial charge is 0.306 e. The van der Waals surface area contributed by atoms with E-state index in [0.29, 0.717) is 25.7 Å². The van der Waals surface area contributed by atoms with Gasteiger partial charge in [0.05, 0.1) is 5.92 Å². The van der Waals surface area contributed by atoms with Gasteiger partial charge in [-0.15, -0.1) is 0 Å². The molecule has 0 spiro atoms. The predicted octanol–water partition coefficient (Wildman–Crippen LogP) is 0.263. The molecule has 1 saturated carbocycles. The van der Waals surface area contributed by atoms with Gasteiger partial charge in [0.15, 0.2) is 0 Å². The van der Waals surface area contributed by atoms with Crippen LogP contribution in [-0.4, -0.2) is 17.0 Å². The Kier molecular flexibility index (Phi) is 4.45. The molecule has 1 N–H and O–H groups in total. The molecule has 1 rings (SSSR count). The molecule has 4 nitrogen and oxygen atoms in total. The molecule has 0 aromatic carbocycles. The van der Waals surface area contributed by atoms with Crippen LogP contribution in [0.4, 0.5) is 0 Å². The molecule has 0 atom stereocenters. The van der Waals surface area contributed by atoms with Crippen molar-refractivity contribution in [2.24, 2.45) is 11.8 Å². The molecule has 0 aliphatic heterocycles. The second-order valence-electron chi connectivity index (χ2n) is 3.21. The third kappa shape index (κ3) is 3.05. The number of carbonyl (C=O) groups excluding carboxylic acids is 1. The summed E-state index contributed by atoms with van der Waals surface area (Å²) in [7, 11) is 0. The molecule has 0 unspecified atom stereocenters. The third-order valence-corrected chi connectivity index (χ3v) is 2.41. The van der Waals surface area contributed by atoms with Crippen LogP contribution in [0.5, 0.6) is 0 Å². The maximum Gasteiger partial charge on any atom is 0.306 e. The summed E-state index contributed by atoms with van der Waals surface area (Å²) in [5.41, 5.74) is 0. The van der Waals surface area contributed by atoms with Crippen molar-refractivity contribution in [1.82, 2.24) is 0 Å². The van der Waals surface area contributed by atoms with E-state index < -0.39 is 17.9 Å². The summed E-state index contributed by atoms with van der Waals surface area (Å²) in [6, 6.07) is 0. The average molecular weight is 187 g/mol. The zero-order valence-electron chi connectivity index (χ0n) is 6.66. The van der Waals surface area contributed by atoms with Crippen LogP contribution < -0.4 is 5.11 Å². The summed E-state index contributed by atoms with van der Waals surface area (Å²) in [5, 5.41) is 19.0. The van der Waals surface area contributed by atoms with Crippen LogP contribution in [0.1, 0.15) is 33.1 Å². The monoisotopic (exact) mass is 187 g/mol. The number of hydrogen-bond acceptors (Lipinski definition) is 3. The lowest BCUT2D eigenvalue weighted by Crippen LogP contribution is -2.35. The number of carboxylic acid groups (broad SMARTS) is 2. The van der Waals surface area contributed by atoms with Crippen molar-refractivity contribution in [2.75, 3.05) is 0 Å². The molecule has 0 heterocycles. The van der Waals surface area contributed by atoms with Crippen molar-refractivity contribution in [3.63, 3.8) is 0 Å². The van der Waals surface area contributed by atoms with Gasteiger partial charge in [0.2, 0.25) is 0 Å². The molecule has 1 aliphatic carbocycles. The average Bonchev–Trinajstić information content (AvgIpc) is 2.04. The highest BCUT2D eigenvalue weighted by Gasteiger charge is 2.26. The van der Waals surface area contributed by atoms with E-state index in [1.54, 1.807) is 0 Å². The fourth-order valence-corrected chi connectivity index (χ4v) is 1.58. The lowest BCUT2D eigenvalue weighted by Gasteiger charge is -2.26. The standard InChI is InChI=1S/C8H12O4.CH4/c9-7(10)5-1-2-6(4-3-5)8(11)12;/h5-6H,1-4H2,(H,9,10)(H,11,12);1H4/p-1. The molecule has 0 saturated heterocycles. The molecular weight excluding hydrogens is 172 g/mol. The first kappa shape index (κ1) is 11.9. The highest BCUT2D eigenvalue weighted by molar-refractivity contribution is 5.71. The number of carbonyl (C=O) groups is 2. The summed E-state index contributed by atoms with van der Waals surface area (Å²) in [6.45, 7) is 0. The van der Waals surface area contributed by atoms with Gasteiger partial charge in [0.1, 0.15) is 0 Å². The Bertz CT molecular complexity index is 170. The Morgan fingerprint density at radius 3 is 1.77 bits per heavy atom. The zero-order chi connectivity index (χ0) is 9.14. The van der Waals surface area contributed by atoms with Crippen LogP contribution in [0, 0.1) is 11.8 Å². The predicted molar refractivity (Wildman–Crippen MR) is 44.8 cm³/mol. The lowest BCUT2D eigenvalue weighted by atomic mass is 9.82. The molecule has 0 bridgehead atoms. The van der Waals surface area contributed by atoms with Gasteiger partial charge in [-0.3, -0.25) is 4.79 Å². The van der Waals surface area contributed by atoms with E-state index in [2.05, 4.69) is 0 Å². The minimum atomic E-state index is -1.04. The van der Waals surface area contributed by atoms with Crippen molar-refractivity contribution in [1.29, 1.82) is 0 Å². The number of carboxylic acids is 2. The van der Waals surface area contributed by atoms with Gasteiger partial charge < -0.3 is 15.0 Å². The third-order valence-electron chi connectivity index (χ3n) is 2.41. The quantitative estimate of drug-likeness (QED) is 0.672. The van der Waals surface area contributed by atoms with E-state index in [0.717, 1.165) is 0 Å². The highest BCUT2D eigenvalue weighted by atomic mass is 16.4. The van der Waals surface area contributed by atoms with Crippen molar-refractivity contribution in [3.05, 3.63) is 0 Å². The van der Waals surface area contributed by atoms with Crippen LogP contribution in [0.3, 0.4) is 0 Å². The van der Waals surface area contributed by atoms with Crippen LogP contribution in [0.15, 0.2) is 0 Å². The molecule has 13 heavy (non-hydrogen) atoms. The first-order valence-electron chi connectivity index (χ1n) is 4.05. The molecule has 0 radical (unpaired) electrons. The van der Waals surface area contributed by atoms with Crippen molar-refractivity contribution in [2.45, 2.75) is 33.1 Å². The van der Waals surface area contributed by atoms with E-state index in [1.165, 1.54) is 0 Å². The Morgan fingerprint density at radius 2 is 1.46 bits per heavy atom. The Balaban J connectivity index is 0.00000144. The normalized spacial score (nSPS) is 27.4. The van der Waals surface area contributed by atoms with Gasteiger partial charge in [-0.05, 0) is 31.6 Å². The summed E-state index contributed by atoms with van der Waals surface area (Å²) in [6.07, 6.45) is 1.82. The van der Waals surface area contributed by atoms with Gasteiger partial charge in [0, 0.05) is 5.97 Å². The first-order chi connectivity index (χ1) is 5.61. The van der Waals surface area contributed by atoms with E-state index >= 15 is 0 Å². The molecule has 0 aromatic rings. The molecule has 1 aliphatic rings. The molecule has 0 aromatic heterocycles. The van der Waals surface area contributed by atoms with Gasteiger partial charge in [-0.2, -0.15) is 0 Å². The molecule has 0 amide bonds. The van der Waals surface area contributed by atoms with Crippen LogP contribution in [0.2, 0.25) is 0 Å². The second kappa shape index (κ2) is 4.84. The largest absolute Gasteiger partial charge is 0.550 e. The fourth-order valence-electron chi connectivity index (χ4n) is 1.58. The number of rotatable bonds is 2. The molecule has 1 fully saturated rings. The minimum Gasteiger partial charge on any atom is -0.550 e. The number of hydrogen-bond donors (Lipinski definition) is 1. The summed E-state index contributed by atoms with van der Waals surface area (Å²) in [5.74, 6) is -2.63. The van der Waals surface area contributed by atoms with Crippen LogP contribution >= 0.6 is 0 Å². The first-order valence-corrected chi connectivity index (χ1v) is 4.05. The maximum atomic E-state index is 10.5. The van der Waals surface area contributed by atoms with Gasteiger partial charge in [-0.25, -0.2) is 0 Å². The van der Waals surface area contributed by atoms with Crippen molar-refractivity contribution < 1.29 is 19.8 Å². The Hall–Kier alpha value is -1.06. The summed E-state index contributed by atoms with van der Waals surface area (Å²) in [4.78, 5) is 20.8. The zero-order valence-corrected chi connectivity index (χ0v) is 6.66. The van der Waals surface area contributed by atoms with Crippen LogP contribution in [-0.2, 0) is 9.59 Å². The van der Waals surface area contributed by atoms with E-state index in [9.17, 15) is 14.7 Å². The second-order valence-corrected chi connectivity index (χ2v) is 3.21. The maximum absolute atomic E-state index is 10.5. The van der Waals surface area contributed by atoms with Crippen LogP contribution in [0.25, 0.3) is 0 Å². The van der Waals surface area contributed by atoms with Gasteiger partial charge >= 0.3 is 5.97 Å². The van der Waals surface area contributed by atoms with Crippen molar-refractivity contribution in [3.8, 4) is 0 Å². The molecular formula is C9H15O4-. The SMILES string of the molecule is C.O=C([O-])C1CCC(C(=O)O)CC1. The molecule has 76 valence electrons.